The van der Waals surface area contributed by atoms with Crippen molar-refractivity contribution in [3.63, 3.8) is 0 Å². The molecular formula is C28H32N2O2. The van der Waals surface area contributed by atoms with Gasteiger partial charge in [0.25, 0.3) is 0 Å². The average Bonchev–Trinajstić information content (AvgIpc) is 2.85. The summed E-state index contributed by atoms with van der Waals surface area (Å²) >= 11 is 0. The Balaban J connectivity index is 1.19. The number of carbonyl (C=O) groups is 1. The van der Waals surface area contributed by atoms with Gasteiger partial charge in [-0.3, -0.25) is 9.69 Å². The molecule has 1 amide bonds. The number of ether oxygens (including phenoxy) is 1. The van der Waals surface area contributed by atoms with E-state index in [9.17, 15) is 4.79 Å². The Morgan fingerprint density at radius 2 is 1.50 bits per heavy atom. The summed E-state index contributed by atoms with van der Waals surface area (Å²) in [7, 11) is 0. The molecule has 4 rings (SSSR count). The van der Waals surface area contributed by atoms with Gasteiger partial charge in [0.15, 0.2) is 0 Å². The van der Waals surface area contributed by atoms with Crippen LogP contribution in [0.15, 0.2) is 84.9 Å². The summed E-state index contributed by atoms with van der Waals surface area (Å²) in [5.74, 6) is 1.23. The number of carbonyl (C=O) groups excluding carboxylic acids is 1. The second-order valence-corrected chi connectivity index (χ2v) is 8.50. The molecule has 0 aromatic heterocycles. The zero-order chi connectivity index (χ0) is 22.0. The van der Waals surface area contributed by atoms with E-state index in [1.165, 1.54) is 16.7 Å². The van der Waals surface area contributed by atoms with E-state index in [-0.39, 0.29) is 11.8 Å². The number of piperidine rings is 1. The fourth-order valence-corrected chi connectivity index (χ4v) is 4.21. The van der Waals surface area contributed by atoms with Crippen LogP contribution in [0.2, 0.25) is 0 Å². The number of likely N-dealkylation sites (tertiary alicyclic amines) is 1. The zero-order valence-electron chi connectivity index (χ0n) is 18.6. The number of nitrogens with one attached hydrogen (secondary N) is 1. The van der Waals surface area contributed by atoms with Crippen molar-refractivity contribution in [2.45, 2.75) is 32.4 Å². The fourth-order valence-electron chi connectivity index (χ4n) is 4.21. The van der Waals surface area contributed by atoms with Crippen molar-refractivity contribution < 1.29 is 9.53 Å². The zero-order valence-corrected chi connectivity index (χ0v) is 18.6. The molecule has 3 aromatic carbocycles. The topological polar surface area (TPSA) is 41.6 Å². The van der Waals surface area contributed by atoms with Crippen molar-refractivity contribution >= 4 is 5.91 Å². The van der Waals surface area contributed by atoms with Gasteiger partial charge in [-0.1, -0.05) is 72.8 Å². The third-order valence-electron chi connectivity index (χ3n) is 6.07. The van der Waals surface area contributed by atoms with Crippen LogP contribution in [0.3, 0.4) is 0 Å². The lowest BCUT2D eigenvalue weighted by Gasteiger charge is -2.31. The molecule has 0 unspecified atom stereocenters. The minimum atomic E-state index is 0.127. The standard InChI is InChI=1S/C28H32N2O2/c31-28(29-17-14-23-8-3-1-4-9-23)26-15-18-30(19-16-26)21-25-12-7-13-27(20-25)32-22-24-10-5-2-6-11-24/h1-13,20,26H,14-19,21-22H2,(H,29,31). The molecule has 166 valence electrons. The molecule has 1 saturated heterocycles. The fraction of sp³-hybridized carbons (Fsp3) is 0.321. The molecule has 3 aromatic rings. The quantitative estimate of drug-likeness (QED) is 0.530. The van der Waals surface area contributed by atoms with Gasteiger partial charge in [0.05, 0.1) is 0 Å². The van der Waals surface area contributed by atoms with Crippen LogP contribution in [-0.4, -0.2) is 30.4 Å². The Morgan fingerprint density at radius 1 is 0.844 bits per heavy atom. The Hall–Kier alpha value is -3.11. The highest BCUT2D eigenvalue weighted by molar-refractivity contribution is 5.78. The van der Waals surface area contributed by atoms with Crippen molar-refractivity contribution in [2.75, 3.05) is 19.6 Å². The van der Waals surface area contributed by atoms with Gasteiger partial charge in [-0.25, -0.2) is 0 Å². The summed E-state index contributed by atoms with van der Waals surface area (Å²) in [6, 6.07) is 28.9. The van der Waals surface area contributed by atoms with Gasteiger partial charge in [-0.05, 0) is 61.2 Å². The highest BCUT2D eigenvalue weighted by Crippen LogP contribution is 2.21. The minimum Gasteiger partial charge on any atom is -0.489 e. The predicted molar refractivity (Wildman–Crippen MR) is 128 cm³/mol. The van der Waals surface area contributed by atoms with Crippen LogP contribution in [0.5, 0.6) is 5.75 Å². The highest BCUT2D eigenvalue weighted by Gasteiger charge is 2.24. The molecule has 0 spiro atoms. The third-order valence-corrected chi connectivity index (χ3v) is 6.07. The number of benzene rings is 3. The number of hydrogen-bond donors (Lipinski definition) is 1. The Labute approximate surface area is 191 Å². The van der Waals surface area contributed by atoms with E-state index >= 15 is 0 Å². The van der Waals surface area contributed by atoms with E-state index in [1.807, 2.05) is 42.5 Å². The minimum absolute atomic E-state index is 0.127. The molecule has 0 bridgehead atoms. The van der Waals surface area contributed by atoms with Gasteiger partial charge in [0, 0.05) is 19.0 Å². The average molecular weight is 429 g/mol. The molecule has 0 radical (unpaired) electrons. The van der Waals surface area contributed by atoms with Crippen LogP contribution in [-0.2, 0) is 24.4 Å². The maximum Gasteiger partial charge on any atom is 0.223 e. The maximum absolute atomic E-state index is 12.5. The normalized spacial score (nSPS) is 14.8. The van der Waals surface area contributed by atoms with Crippen LogP contribution >= 0.6 is 0 Å². The molecule has 1 N–H and O–H groups in total. The lowest BCUT2D eigenvalue weighted by molar-refractivity contribution is -0.126. The number of amides is 1. The summed E-state index contributed by atoms with van der Waals surface area (Å²) in [4.78, 5) is 15.0. The highest BCUT2D eigenvalue weighted by atomic mass is 16.5. The lowest BCUT2D eigenvalue weighted by atomic mass is 9.95. The SMILES string of the molecule is O=C(NCCc1ccccc1)C1CCN(Cc2cccc(OCc3ccccc3)c2)CC1. The van der Waals surface area contributed by atoms with Crippen LogP contribution in [0.1, 0.15) is 29.5 Å². The molecule has 1 heterocycles. The maximum atomic E-state index is 12.5. The molecule has 4 heteroatoms. The van der Waals surface area contributed by atoms with E-state index in [2.05, 4.69) is 52.7 Å². The van der Waals surface area contributed by atoms with Gasteiger partial charge in [-0.2, -0.15) is 0 Å². The smallest absolute Gasteiger partial charge is 0.223 e. The second-order valence-electron chi connectivity index (χ2n) is 8.50. The van der Waals surface area contributed by atoms with Crippen LogP contribution < -0.4 is 10.1 Å². The van der Waals surface area contributed by atoms with E-state index in [0.717, 1.165) is 44.6 Å². The monoisotopic (exact) mass is 428 g/mol. The molecule has 4 nitrogen and oxygen atoms in total. The summed E-state index contributed by atoms with van der Waals surface area (Å²) in [5.41, 5.74) is 3.68. The number of hydrogen-bond acceptors (Lipinski definition) is 3. The molecular weight excluding hydrogens is 396 g/mol. The van der Waals surface area contributed by atoms with Gasteiger partial charge in [0.2, 0.25) is 5.91 Å². The molecule has 1 fully saturated rings. The molecule has 1 aliphatic rings. The van der Waals surface area contributed by atoms with Crippen molar-refractivity contribution in [3.05, 3.63) is 102 Å². The largest absolute Gasteiger partial charge is 0.489 e. The van der Waals surface area contributed by atoms with Crippen LogP contribution in [0, 0.1) is 5.92 Å². The predicted octanol–water partition coefficient (Wildman–Crippen LogP) is 4.84. The lowest BCUT2D eigenvalue weighted by Crippen LogP contribution is -2.40. The molecule has 0 saturated carbocycles. The van der Waals surface area contributed by atoms with E-state index in [0.29, 0.717) is 13.2 Å². The van der Waals surface area contributed by atoms with E-state index in [1.54, 1.807) is 0 Å². The summed E-state index contributed by atoms with van der Waals surface area (Å²) in [5, 5.41) is 3.13. The number of rotatable bonds is 9. The van der Waals surface area contributed by atoms with Crippen molar-refractivity contribution in [1.82, 2.24) is 10.2 Å². The van der Waals surface area contributed by atoms with Crippen LogP contribution in [0.4, 0.5) is 0 Å². The van der Waals surface area contributed by atoms with Gasteiger partial charge < -0.3 is 10.1 Å². The molecule has 32 heavy (non-hydrogen) atoms. The van der Waals surface area contributed by atoms with Gasteiger partial charge in [-0.15, -0.1) is 0 Å². The van der Waals surface area contributed by atoms with E-state index < -0.39 is 0 Å². The van der Waals surface area contributed by atoms with Crippen molar-refractivity contribution in [3.8, 4) is 5.75 Å². The first-order valence-corrected chi connectivity index (χ1v) is 11.6. The first kappa shape index (κ1) is 22.1. The molecule has 1 aliphatic heterocycles. The van der Waals surface area contributed by atoms with Crippen molar-refractivity contribution in [2.24, 2.45) is 5.92 Å². The van der Waals surface area contributed by atoms with Gasteiger partial charge >= 0.3 is 0 Å². The molecule has 0 atom stereocenters. The van der Waals surface area contributed by atoms with Crippen molar-refractivity contribution in [1.29, 1.82) is 0 Å². The molecule has 0 aliphatic carbocycles. The Kier molecular flexibility index (Phi) is 7.94. The first-order valence-electron chi connectivity index (χ1n) is 11.6. The van der Waals surface area contributed by atoms with E-state index in [4.69, 9.17) is 4.74 Å². The Morgan fingerprint density at radius 3 is 2.22 bits per heavy atom. The summed E-state index contributed by atoms with van der Waals surface area (Å²) in [6.07, 6.45) is 2.72. The van der Waals surface area contributed by atoms with Gasteiger partial charge in [0.1, 0.15) is 12.4 Å². The third kappa shape index (κ3) is 6.69. The van der Waals surface area contributed by atoms with Crippen LogP contribution in [0.25, 0.3) is 0 Å². The summed E-state index contributed by atoms with van der Waals surface area (Å²) in [6.45, 7) is 4.08. The Bertz CT molecular complexity index is 967. The second kappa shape index (κ2) is 11.5. The summed E-state index contributed by atoms with van der Waals surface area (Å²) < 4.78 is 5.97. The first-order chi connectivity index (χ1) is 15.8. The number of nitrogens with zero attached hydrogens (tertiary/aromatic N) is 1.